The first kappa shape index (κ1) is 14.3. The van der Waals surface area contributed by atoms with Gasteiger partial charge in [-0.2, -0.15) is 4.98 Å². The van der Waals surface area contributed by atoms with Crippen molar-refractivity contribution >= 4 is 17.2 Å². The van der Waals surface area contributed by atoms with Gasteiger partial charge in [0.2, 0.25) is 5.88 Å². The van der Waals surface area contributed by atoms with Crippen molar-refractivity contribution in [2.45, 2.75) is 39.0 Å². The summed E-state index contributed by atoms with van der Waals surface area (Å²) in [5.74, 6) is 3.01. The predicted molar refractivity (Wildman–Crippen MR) is 84.3 cm³/mol. The lowest BCUT2D eigenvalue weighted by molar-refractivity contribution is 0.306. The summed E-state index contributed by atoms with van der Waals surface area (Å²) in [7, 11) is 1.89. The largest absolute Gasteiger partial charge is 0.477 e. The second-order valence-corrected chi connectivity index (χ2v) is 6.28. The minimum Gasteiger partial charge on any atom is -0.477 e. The Balaban J connectivity index is 1.71. The first-order valence-electron chi connectivity index (χ1n) is 7.27. The van der Waals surface area contributed by atoms with Crippen LogP contribution in [0, 0.1) is 13.8 Å². The third-order valence-electron chi connectivity index (χ3n) is 3.71. The summed E-state index contributed by atoms with van der Waals surface area (Å²) < 4.78 is 5.91. The molecule has 21 heavy (non-hydrogen) atoms. The number of ether oxygens (including phenoxy) is 1. The second-order valence-electron chi connectivity index (χ2n) is 5.34. The Morgan fingerprint density at radius 3 is 2.76 bits per heavy atom. The van der Waals surface area contributed by atoms with Crippen molar-refractivity contribution in [2.75, 3.05) is 19.0 Å². The molecule has 112 valence electrons. The van der Waals surface area contributed by atoms with Gasteiger partial charge in [-0.05, 0) is 26.7 Å². The Morgan fingerprint density at radius 2 is 2.14 bits per heavy atom. The number of hydrogen-bond acceptors (Lipinski definition) is 6. The Morgan fingerprint density at radius 1 is 1.33 bits per heavy atom. The van der Waals surface area contributed by atoms with Crippen LogP contribution in [-0.4, -0.2) is 28.6 Å². The van der Waals surface area contributed by atoms with Crippen LogP contribution in [-0.2, 0) is 6.42 Å². The van der Waals surface area contributed by atoms with Crippen LogP contribution in [0.15, 0.2) is 5.51 Å². The highest BCUT2D eigenvalue weighted by molar-refractivity contribution is 7.09. The summed E-state index contributed by atoms with van der Waals surface area (Å²) in [4.78, 5) is 14.7. The van der Waals surface area contributed by atoms with Crippen LogP contribution in [0.25, 0.3) is 0 Å². The third kappa shape index (κ3) is 3.15. The van der Waals surface area contributed by atoms with Crippen molar-refractivity contribution in [1.29, 1.82) is 0 Å². The molecular weight excluding hydrogens is 284 g/mol. The lowest BCUT2D eigenvalue weighted by atomic mass is 10.3. The van der Waals surface area contributed by atoms with Crippen molar-refractivity contribution < 1.29 is 4.74 Å². The van der Waals surface area contributed by atoms with E-state index in [-0.39, 0.29) is 0 Å². The standard InChI is InChI=1S/C15H20N4OS/c1-9-13(16-3)18-14(11-4-5-11)19-15(9)20-7-6-12-10(2)17-8-21-12/h8,11H,4-7H2,1-3H3,(H,16,18,19). The third-order valence-corrected chi connectivity index (χ3v) is 4.71. The molecule has 1 fully saturated rings. The van der Waals surface area contributed by atoms with Crippen LogP contribution < -0.4 is 10.1 Å². The van der Waals surface area contributed by atoms with Crippen molar-refractivity contribution in [3.8, 4) is 5.88 Å². The second kappa shape index (κ2) is 5.97. The Labute approximate surface area is 128 Å². The van der Waals surface area contributed by atoms with Gasteiger partial charge in [-0.1, -0.05) is 0 Å². The first-order valence-corrected chi connectivity index (χ1v) is 8.15. The van der Waals surface area contributed by atoms with E-state index >= 15 is 0 Å². The van der Waals surface area contributed by atoms with Gasteiger partial charge in [0.05, 0.1) is 23.4 Å². The van der Waals surface area contributed by atoms with E-state index in [1.807, 2.05) is 26.4 Å². The van der Waals surface area contributed by atoms with Gasteiger partial charge < -0.3 is 10.1 Å². The molecule has 0 aromatic carbocycles. The number of anilines is 1. The molecule has 0 spiro atoms. The summed E-state index contributed by atoms with van der Waals surface area (Å²) in [6.45, 7) is 4.65. The van der Waals surface area contributed by atoms with Crippen LogP contribution in [0.2, 0.25) is 0 Å². The van der Waals surface area contributed by atoms with Gasteiger partial charge in [-0.3, -0.25) is 0 Å². The van der Waals surface area contributed by atoms with Crippen LogP contribution in [0.1, 0.15) is 40.7 Å². The van der Waals surface area contributed by atoms with E-state index in [1.165, 1.54) is 17.7 Å². The molecule has 0 saturated heterocycles. The van der Waals surface area contributed by atoms with E-state index in [2.05, 4.69) is 20.3 Å². The molecule has 1 saturated carbocycles. The van der Waals surface area contributed by atoms with E-state index in [1.54, 1.807) is 11.3 Å². The Kier molecular flexibility index (Phi) is 4.05. The van der Waals surface area contributed by atoms with Gasteiger partial charge in [0.1, 0.15) is 11.6 Å². The molecule has 2 aromatic rings. The smallest absolute Gasteiger partial charge is 0.221 e. The topological polar surface area (TPSA) is 59.9 Å². The molecule has 5 nitrogen and oxygen atoms in total. The average molecular weight is 304 g/mol. The summed E-state index contributed by atoms with van der Waals surface area (Å²) in [5, 5.41) is 3.13. The summed E-state index contributed by atoms with van der Waals surface area (Å²) in [5.41, 5.74) is 3.95. The molecule has 2 aromatic heterocycles. The minimum absolute atomic E-state index is 0.517. The molecule has 1 N–H and O–H groups in total. The maximum Gasteiger partial charge on any atom is 0.221 e. The molecule has 3 rings (SSSR count). The number of nitrogens with zero attached hydrogens (tertiary/aromatic N) is 3. The highest BCUT2D eigenvalue weighted by Gasteiger charge is 2.28. The van der Waals surface area contributed by atoms with Crippen LogP contribution in [0.4, 0.5) is 5.82 Å². The summed E-state index contributed by atoms with van der Waals surface area (Å²) >= 11 is 1.68. The number of nitrogens with one attached hydrogen (secondary N) is 1. The first-order chi connectivity index (χ1) is 10.2. The molecule has 0 aliphatic heterocycles. The molecule has 0 unspecified atom stereocenters. The normalized spacial score (nSPS) is 14.2. The minimum atomic E-state index is 0.517. The van der Waals surface area contributed by atoms with E-state index in [4.69, 9.17) is 4.74 Å². The molecule has 0 radical (unpaired) electrons. The predicted octanol–water partition coefficient (Wildman–Crippen LogP) is 3.09. The van der Waals surface area contributed by atoms with Gasteiger partial charge in [0.25, 0.3) is 0 Å². The zero-order chi connectivity index (χ0) is 14.8. The summed E-state index contributed by atoms with van der Waals surface area (Å²) in [6.07, 6.45) is 3.24. The lowest BCUT2D eigenvalue weighted by Gasteiger charge is -2.12. The Hall–Kier alpha value is -1.69. The van der Waals surface area contributed by atoms with Gasteiger partial charge in [0, 0.05) is 24.3 Å². The molecule has 6 heteroatoms. The zero-order valence-electron chi connectivity index (χ0n) is 12.6. The van der Waals surface area contributed by atoms with Crippen molar-refractivity contribution in [2.24, 2.45) is 0 Å². The maximum atomic E-state index is 5.91. The van der Waals surface area contributed by atoms with E-state index in [0.717, 1.165) is 29.3 Å². The van der Waals surface area contributed by atoms with Gasteiger partial charge in [-0.25, -0.2) is 9.97 Å². The van der Waals surface area contributed by atoms with Crippen LogP contribution in [0.3, 0.4) is 0 Å². The van der Waals surface area contributed by atoms with Crippen LogP contribution >= 0.6 is 11.3 Å². The fourth-order valence-corrected chi connectivity index (χ4v) is 2.99. The van der Waals surface area contributed by atoms with E-state index in [9.17, 15) is 0 Å². The number of aromatic nitrogens is 3. The fraction of sp³-hybridized carbons (Fsp3) is 0.533. The van der Waals surface area contributed by atoms with Gasteiger partial charge in [0.15, 0.2) is 0 Å². The molecule has 0 atom stereocenters. The molecule has 1 aliphatic carbocycles. The molecule has 1 aliphatic rings. The van der Waals surface area contributed by atoms with E-state index in [0.29, 0.717) is 18.4 Å². The van der Waals surface area contributed by atoms with Crippen LogP contribution in [0.5, 0.6) is 5.88 Å². The monoisotopic (exact) mass is 304 g/mol. The highest BCUT2D eigenvalue weighted by Crippen LogP contribution is 2.39. The summed E-state index contributed by atoms with van der Waals surface area (Å²) in [6, 6.07) is 0. The quantitative estimate of drug-likeness (QED) is 0.888. The highest BCUT2D eigenvalue weighted by atomic mass is 32.1. The average Bonchev–Trinajstić information content (AvgIpc) is 3.25. The Bertz CT molecular complexity index is 637. The maximum absolute atomic E-state index is 5.91. The molecular formula is C15H20N4OS. The van der Waals surface area contributed by atoms with Crippen molar-refractivity contribution in [1.82, 2.24) is 15.0 Å². The number of thiazole rings is 1. The molecule has 2 heterocycles. The van der Waals surface area contributed by atoms with Crippen molar-refractivity contribution in [3.05, 3.63) is 27.5 Å². The fourth-order valence-electron chi connectivity index (χ4n) is 2.23. The molecule has 0 bridgehead atoms. The number of rotatable bonds is 6. The SMILES string of the molecule is CNc1nc(C2CC2)nc(OCCc2scnc2C)c1C. The van der Waals surface area contributed by atoms with Crippen molar-refractivity contribution in [3.63, 3.8) is 0 Å². The number of hydrogen-bond donors (Lipinski definition) is 1. The van der Waals surface area contributed by atoms with E-state index < -0.39 is 0 Å². The zero-order valence-corrected chi connectivity index (χ0v) is 13.5. The van der Waals surface area contributed by atoms with Gasteiger partial charge >= 0.3 is 0 Å². The van der Waals surface area contributed by atoms with Gasteiger partial charge in [-0.15, -0.1) is 11.3 Å². The molecule has 0 amide bonds. The number of aryl methyl sites for hydroxylation is 1. The lowest BCUT2D eigenvalue weighted by Crippen LogP contribution is -2.09.